The monoisotopic (exact) mass is 281 g/mol. The third-order valence-corrected chi connectivity index (χ3v) is 4.36. The van der Waals surface area contributed by atoms with E-state index in [1.54, 1.807) is 14.2 Å². The maximum Gasteiger partial charge on any atom is 0.128 e. The van der Waals surface area contributed by atoms with E-state index in [-0.39, 0.29) is 5.54 Å². The van der Waals surface area contributed by atoms with E-state index >= 15 is 0 Å². The van der Waals surface area contributed by atoms with Crippen LogP contribution in [-0.4, -0.2) is 43.9 Å². The van der Waals surface area contributed by atoms with Crippen molar-refractivity contribution >= 4 is 0 Å². The van der Waals surface area contributed by atoms with Crippen molar-refractivity contribution in [2.75, 3.05) is 28.3 Å². The van der Waals surface area contributed by atoms with Crippen molar-refractivity contribution in [3.8, 4) is 11.5 Å². The summed E-state index contributed by atoms with van der Waals surface area (Å²) in [5.74, 6) is 1.31. The smallest absolute Gasteiger partial charge is 0.128 e. The van der Waals surface area contributed by atoms with E-state index in [0.717, 1.165) is 18.4 Å². The Morgan fingerprint density at radius 3 is 1.85 bits per heavy atom. The van der Waals surface area contributed by atoms with Gasteiger partial charge in [0, 0.05) is 0 Å². The molecule has 1 N–H and O–H groups in total. The van der Waals surface area contributed by atoms with Crippen LogP contribution in [0.25, 0.3) is 0 Å². The molecule has 1 aromatic rings. The van der Waals surface area contributed by atoms with Gasteiger partial charge < -0.3 is 19.5 Å². The third-order valence-electron chi connectivity index (χ3n) is 4.36. The Labute approximate surface area is 122 Å². The molecule has 1 aromatic carbocycles. The normalized spacial score (nSPS) is 13.4. The number of benzene rings is 1. The third kappa shape index (κ3) is 2.76. The van der Waals surface area contributed by atoms with E-state index in [1.807, 2.05) is 32.3 Å². The summed E-state index contributed by atoms with van der Waals surface area (Å²) in [4.78, 5) is 2.09. The first-order chi connectivity index (χ1) is 9.48. The van der Waals surface area contributed by atoms with E-state index < -0.39 is 6.10 Å². The van der Waals surface area contributed by atoms with Gasteiger partial charge in [0.2, 0.25) is 0 Å². The maximum absolute atomic E-state index is 11.0. The molecular weight excluding hydrogens is 254 g/mol. The molecule has 0 radical (unpaired) electrons. The molecule has 1 unspecified atom stereocenters. The summed E-state index contributed by atoms with van der Waals surface area (Å²) in [6.07, 6.45) is 0.983. The van der Waals surface area contributed by atoms with Gasteiger partial charge in [-0.05, 0) is 39.1 Å². The minimum atomic E-state index is -0.682. The summed E-state index contributed by atoms with van der Waals surface area (Å²) in [6.45, 7) is 4.18. The number of rotatable bonds is 7. The second-order valence-corrected chi connectivity index (χ2v) is 5.18. The molecule has 0 spiro atoms. The topological polar surface area (TPSA) is 41.9 Å². The highest BCUT2D eigenvalue weighted by Gasteiger charge is 2.40. The molecule has 0 saturated carbocycles. The van der Waals surface area contributed by atoms with Gasteiger partial charge in [-0.2, -0.15) is 0 Å². The Kier molecular flexibility index (Phi) is 5.84. The summed E-state index contributed by atoms with van der Waals surface area (Å²) in [6, 6.07) is 5.57. The molecule has 0 heterocycles. The molecule has 0 fully saturated rings. The second-order valence-electron chi connectivity index (χ2n) is 5.18. The van der Waals surface area contributed by atoms with Crippen LogP contribution in [0.5, 0.6) is 11.5 Å². The van der Waals surface area contributed by atoms with Crippen LogP contribution in [0.3, 0.4) is 0 Å². The fourth-order valence-corrected chi connectivity index (χ4v) is 2.93. The zero-order valence-corrected chi connectivity index (χ0v) is 13.4. The van der Waals surface area contributed by atoms with Crippen molar-refractivity contribution in [3.05, 3.63) is 23.8 Å². The van der Waals surface area contributed by atoms with E-state index in [0.29, 0.717) is 11.5 Å². The van der Waals surface area contributed by atoms with Crippen molar-refractivity contribution < 1.29 is 14.6 Å². The van der Waals surface area contributed by atoms with Gasteiger partial charge in [-0.3, -0.25) is 0 Å². The number of methoxy groups -OCH3 is 2. The zero-order valence-electron chi connectivity index (χ0n) is 13.4. The highest BCUT2D eigenvalue weighted by Crippen LogP contribution is 2.43. The molecular formula is C16H27NO3. The van der Waals surface area contributed by atoms with Gasteiger partial charge in [0.25, 0.3) is 0 Å². The highest BCUT2D eigenvalue weighted by molar-refractivity contribution is 5.47. The van der Waals surface area contributed by atoms with Crippen molar-refractivity contribution in [1.29, 1.82) is 0 Å². The number of likely N-dealkylation sites (N-methyl/N-ethyl adjacent to an activating group) is 1. The molecule has 0 aromatic heterocycles. The Bertz CT molecular complexity index is 405. The van der Waals surface area contributed by atoms with Gasteiger partial charge in [0.15, 0.2) is 0 Å². The van der Waals surface area contributed by atoms with Crippen molar-refractivity contribution in [3.63, 3.8) is 0 Å². The molecule has 0 aliphatic carbocycles. The molecule has 0 aliphatic heterocycles. The number of aliphatic hydroxyl groups excluding tert-OH is 1. The van der Waals surface area contributed by atoms with Gasteiger partial charge in [0.1, 0.15) is 17.6 Å². The van der Waals surface area contributed by atoms with Crippen LogP contribution in [0, 0.1) is 0 Å². The molecule has 0 bridgehead atoms. The van der Waals surface area contributed by atoms with Crippen LogP contribution in [0.1, 0.15) is 38.4 Å². The summed E-state index contributed by atoms with van der Waals surface area (Å²) in [7, 11) is 7.22. The van der Waals surface area contributed by atoms with E-state index in [2.05, 4.69) is 18.7 Å². The summed E-state index contributed by atoms with van der Waals surface area (Å²) in [5, 5.41) is 11.0. The number of ether oxygens (including phenoxy) is 2. The fraction of sp³-hybridized carbons (Fsp3) is 0.625. The quantitative estimate of drug-likeness (QED) is 0.834. The number of aliphatic hydroxyl groups is 1. The lowest BCUT2D eigenvalue weighted by atomic mass is 9.81. The average Bonchev–Trinajstić information content (AvgIpc) is 2.47. The number of hydrogen-bond acceptors (Lipinski definition) is 4. The molecule has 0 saturated heterocycles. The number of hydrogen-bond donors (Lipinski definition) is 1. The summed E-state index contributed by atoms with van der Waals surface area (Å²) < 4.78 is 10.8. The highest BCUT2D eigenvalue weighted by atomic mass is 16.5. The first-order valence-electron chi connectivity index (χ1n) is 7.04. The lowest BCUT2D eigenvalue weighted by molar-refractivity contribution is -0.0172. The van der Waals surface area contributed by atoms with E-state index in [9.17, 15) is 5.11 Å². The minimum absolute atomic E-state index is 0.345. The van der Waals surface area contributed by atoms with Crippen LogP contribution < -0.4 is 9.47 Å². The second kappa shape index (κ2) is 6.95. The molecule has 4 nitrogen and oxygen atoms in total. The van der Waals surface area contributed by atoms with Gasteiger partial charge in [-0.1, -0.05) is 19.9 Å². The average molecular weight is 281 g/mol. The molecule has 1 rings (SSSR count). The lowest BCUT2D eigenvalue weighted by Gasteiger charge is -2.43. The SMILES string of the molecule is CCC(CC)(C(O)c1c(OC)cccc1OC)N(C)C. The molecule has 1 atom stereocenters. The molecule has 0 aliphatic rings. The Morgan fingerprint density at radius 2 is 1.55 bits per heavy atom. The Hall–Kier alpha value is -1.26. The standard InChI is InChI=1S/C16H27NO3/c1-7-16(8-2,17(3)4)15(18)14-12(19-5)10-9-11-13(14)20-6/h9-11,15,18H,7-8H2,1-6H3. The summed E-state index contributed by atoms with van der Waals surface area (Å²) >= 11 is 0. The first-order valence-corrected chi connectivity index (χ1v) is 7.04. The molecule has 0 amide bonds. The largest absolute Gasteiger partial charge is 0.496 e. The Balaban J connectivity index is 3.41. The van der Waals surface area contributed by atoms with Gasteiger partial charge in [-0.15, -0.1) is 0 Å². The van der Waals surface area contributed by atoms with E-state index in [1.165, 1.54) is 0 Å². The van der Waals surface area contributed by atoms with Crippen LogP contribution in [0.4, 0.5) is 0 Å². The van der Waals surface area contributed by atoms with Gasteiger partial charge >= 0.3 is 0 Å². The minimum Gasteiger partial charge on any atom is -0.496 e. The predicted octanol–water partition coefficient (Wildman–Crippen LogP) is 2.86. The van der Waals surface area contributed by atoms with Crippen LogP contribution >= 0.6 is 0 Å². The van der Waals surface area contributed by atoms with Crippen molar-refractivity contribution in [2.45, 2.75) is 38.3 Å². The number of nitrogens with zero attached hydrogens (tertiary/aromatic N) is 1. The molecule has 20 heavy (non-hydrogen) atoms. The zero-order chi connectivity index (χ0) is 15.3. The molecule has 114 valence electrons. The van der Waals surface area contributed by atoms with Crippen LogP contribution in [-0.2, 0) is 0 Å². The van der Waals surface area contributed by atoms with E-state index in [4.69, 9.17) is 9.47 Å². The van der Waals surface area contributed by atoms with Gasteiger partial charge in [-0.25, -0.2) is 0 Å². The predicted molar refractivity (Wildman–Crippen MR) is 81.5 cm³/mol. The Morgan fingerprint density at radius 1 is 1.10 bits per heavy atom. The lowest BCUT2D eigenvalue weighted by Crippen LogP contribution is -2.48. The first kappa shape index (κ1) is 16.8. The van der Waals surface area contributed by atoms with Gasteiger partial charge in [0.05, 0.1) is 25.3 Å². The van der Waals surface area contributed by atoms with Crippen LogP contribution in [0.2, 0.25) is 0 Å². The van der Waals surface area contributed by atoms with Crippen molar-refractivity contribution in [2.24, 2.45) is 0 Å². The molecule has 4 heteroatoms. The van der Waals surface area contributed by atoms with Crippen molar-refractivity contribution in [1.82, 2.24) is 4.90 Å². The van der Waals surface area contributed by atoms with Crippen LogP contribution in [0.15, 0.2) is 18.2 Å². The fourth-order valence-electron chi connectivity index (χ4n) is 2.93. The summed E-state index contributed by atoms with van der Waals surface area (Å²) in [5.41, 5.74) is 0.372. The maximum atomic E-state index is 11.0.